The molecule has 5 unspecified atom stereocenters. The van der Waals surface area contributed by atoms with E-state index in [1.807, 2.05) is 78.8 Å². The number of nitrogens with one attached hydrogen (secondary N) is 1. The second-order valence-electron chi connectivity index (χ2n) is 19.4. The molecule has 4 aromatic rings. The van der Waals surface area contributed by atoms with E-state index in [4.69, 9.17) is 24.6 Å². The third kappa shape index (κ3) is 20.6. The number of aldehydes is 1. The summed E-state index contributed by atoms with van der Waals surface area (Å²) < 4.78 is 13.4. The molecule has 0 saturated carbocycles. The molecule has 3 aromatic heterocycles. The standard InChI is InChI=1S/C42H59N5O4S2.C11H18N2O.3C2H6.CH5N/c1-11-47-37-17-16-31(20-34(37)35(21-41(7,8)25-51-26-49)40(47)33-15-13-19-44-39(33)30(6)50-10)36-24-52-38(45-36)22-42(9,18-12-14-32(23-48)53-43)46-29(5)28(4)27(2)3;1-5-11(14)13-8-9(3)12(6-2)7-10(13)4;4*1-2/h13,15-17,19-20,23-24,26-28,30,32,46H,5,11-12,14,18,21-22,25,43H2,1-4,6-10H3;5-6,9-10H,1-2,7-8H2,3-4H3;3*1-2H3;2H2,1H3/t;9-,10?;;;;/m.0..../s1. The van der Waals surface area contributed by atoms with E-state index in [1.165, 1.54) is 18.7 Å². The van der Waals surface area contributed by atoms with E-state index in [2.05, 4.69) is 125 Å². The number of hydrogen-bond donors (Lipinski definition) is 3. The first-order chi connectivity index (χ1) is 35.8. The molecule has 75 heavy (non-hydrogen) atoms. The van der Waals surface area contributed by atoms with E-state index in [9.17, 15) is 14.4 Å². The van der Waals surface area contributed by atoms with Gasteiger partial charge in [-0.3, -0.25) is 19.7 Å². The van der Waals surface area contributed by atoms with Gasteiger partial charge in [0.1, 0.15) is 6.29 Å². The van der Waals surface area contributed by atoms with Gasteiger partial charge in [-0.15, -0.1) is 11.3 Å². The fourth-order valence-electron chi connectivity index (χ4n) is 8.89. The molecule has 1 amide bonds. The van der Waals surface area contributed by atoms with Crippen molar-refractivity contribution in [3.8, 4) is 22.5 Å². The summed E-state index contributed by atoms with van der Waals surface area (Å²) in [6, 6.07) is 11.3. The lowest BCUT2D eigenvalue weighted by molar-refractivity contribution is -0.132. The molecule has 4 heterocycles. The third-order valence-electron chi connectivity index (χ3n) is 13.2. The van der Waals surface area contributed by atoms with Crippen molar-refractivity contribution < 1.29 is 23.9 Å². The summed E-state index contributed by atoms with van der Waals surface area (Å²) in [7, 11) is 3.21. The molecule has 422 valence electrons. The minimum Gasteiger partial charge on any atom is -0.467 e. The molecule has 15 heteroatoms. The third-order valence-corrected chi connectivity index (χ3v) is 14.7. The van der Waals surface area contributed by atoms with Crippen LogP contribution in [0.15, 0.2) is 79.6 Å². The molecule has 1 aliphatic rings. The zero-order chi connectivity index (χ0) is 57.6. The Morgan fingerprint density at radius 3 is 2.20 bits per heavy atom. The number of aromatic nitrogens is 3. The van der Waals surface area contributed by atoms with Crippen LogP contribution in [0.25, 0.3) is 33.4 Å². The smallest absolute Gasteiger partial charge is 0.293 e. The van der Waals surface area contributed by atoms with Crippen LogP contribution in [0.2, 0.25) is 0 Å². The summed E-state index contributed by atoms with van der Waals surface area (Å²) in [4.78, 5) is 48.2. The summed E-state index contributed by atoms with van der Waals surface area (Å²) in [6.07, 6.45) is 9.61. The molecule has 0 bridgehead atoms. The number of amides is 1. The van der Waals surface area contributed by atoms with E-state index in [1.54, 1.807) is 18.4 Å². The van der Waals surface area contributed by atoms with Crippen molar-refractivity contribution in [2.45, 2.75) is 178 Å². The number of nitrogens with two attached hydrogens (primary N) is 2. The summed E-state index contributed by atoms with van der Waals surface area (Å²) in [5, 5.41) is 13.7. The van der Waals surface area contributed by atoms with Crippen LogP contribution in [-0.2, 0) is 43.2 Å². The molecule has 0 spiro atoms. The first kappa shape index (κ1) is 70.2. The van der Waals surface area contributed by atoms with Crippen molar-refractivity contribution in [1.82, 2.24) is 29.7 Å². The van der Waals surface area contributed by atoms with Gasteiger partial charge in [-0.05, 0) is 121 Å². The Labute approximate surface area is 462 Å². The average molecular weight is 1080 g/mol. The Morgan fingerprint density at radius 1 is 1.00 bits per heavy atom. The maximum absolute atomic E-state index is 11.5. The normalized spacial score (nSPS) is 15.9. The van der Waals surface area contributed by atoms with Crippen LogP contribution in [0.4, 0.5) is 0 Å². The second-order valence-corrected chi connectivity index (χ2v) is 21.2. The number of thiazole rings is 1. The minimum absolute atomic E-state index is 0.0214. The maximum atomic E-state index is 11.5. The topological polar surface area (TPSA) is 171 Å². The van der Waals surface area contributed by atoms with Gasteiger partial charge >= 0.3 is 0 Å². The number of hydrogen-bond acceptors (Lipinski definition) is 13. The number of methoxy groups -OCH3 is 1. The average Bonchev–Trinajstić information content (AvgIpc) is 4.02. The largest absolute Gasteiger partial charge is 0.467 e. The van der Waals surface area contributed by atoms with Gasteiger partial charge < -0.3 is 39.7 Å². The molecule has 5 rings (SSSR count). The van der Waals surface area contributed by atoms with E-state index >= 15 is 0 Å². The number of pyridine rings is 1. The number of carbonyl (C=O) groups is 3. The van der Waals surface area contributed by atoms with Crippen LogP contribution in [0.1, 0.15) is 152 Å². The Morgan fingerprint density at radius 2 is 1.65 bits per heavy atom. The molecular weight excluding hydrogens is 977 g/mol. The zero-order valence-electron chi connectivity index (χ0n) is 49.5. The van der Waals surface area contributed by atoms with Gasteiger partial charge in [-0.1, -0.05) is 114 Å². The van der Waals surface area contributed by atoms with Gasteiger partial charge in [0.25, 0.3) is 6.47 Å². The Kier molecular flexibility index (Phi) is 34.0. The van der Waals surface area contributed by atoms with Crippen molar-refractivity contribution in [2.24, 2.45) is 28.1 Å². The molecule has 1 aromatic carbocycles. The van der Waals surface area contributed by atoms with Crippen LogP contribution >= 0.6 is 23.3 Å². The number of ether oxygens (including phenoxy) is 2. The molecule has 5 N–H and O–H groups in total. The highest BCUT2D eigenvalue weighted by atomic mass is 32.2. The van der Waals surface area contributed by atoms with Crippen molar-refractivity contribution >= 4 is 52.9 Å². The van der Waals surface area contributed by atoms with Crippen molar-refractivity contribution in [3.63, 3.8) is 0 Å². The Hall–Kier alpha value is -4.80. The van der Waals surface area contributed by atoms with Gasteiger partial charge in [0, 0.05) is 95.5 Å². The van der Waals surface area contributed by atoms with Crippen molar-refractivity contribution in [2.75, 3.05) is 33.9 Å². The monoisotopic (exact) mass is 1080 g/mol. The number of nitrogens with zero attached hydrogens (tertiary/aromatic N) is 5. The van der Waals surface area contributed by atoms with Crippen molar-refractivity contribution in [1.29, 1.82) is 0 Å². The summed E-state index contributed by atoms with van der Waals surface area (Å²) >= 11 is 2.78. The number of piperazine rings is 1. The number of rotatable bonds is 24. The minimum atomic E-state index is -0.329. The van der Waals surface area contributed by atoms with E-state index < -0.39 is 0 Å². The van der Waals surface area contributed by atoms with Gasteiger partial charge in [-0.25, -0.2) is 4.98 Å². The van der Waals surface area contributed by atoms with Crippen LogP contribution in [0.5, 0.6) is 0 Å². The molecule has 1 aliphatic heterocycles. The van der Waals surface area contributed by atoms with E-state index in [-0.39, 0.29) is 34.3 Å². The van der Waals surface area contributed by atoms with Gasteiger partial charge in [0.2, 0.25) is 5.91 Å². The predicted molar refractivity (Wildman–Crippen MR) is 323 cm³/mol. The molecule has 0 radical (unpaired) electrons. The molecular formula is C60H100N8O5S2. The highest BCUT2D eigenvalue weighted by Crippen LogP contribution is 2.42. The number of carbonyl (C=O) groups excluding carboxylic acids is 3. The van der Waals surface area contributed by atoms with E-state index in [0.717, 1.165) is 113 Å². The van der Waals surface area contributed by atoms with Gasteiger partial charge in [0.05, 0.1) is 40.1 Å². The van der Waals surface area contributed by atoms with Crippen molar-refractivity contribution in [3.05, 3.63) is 95.9 Å². The quantitative estimate of drug-likeness (QED) is 0.0345. The van der Waals surface area contributed by atoms with Gasteiger partial charge in [-0.2, -0.15) is 0 Å². The first-order valence-electron chi connectivity index (χ1n) is 27.1. The van der Waals surface area contributed by atoms with Crippen LogP contribution in [0.3, 0.4) is 0 Å². The van der Waals surface area contributed by atoms with Crippen LogP contribution < -0.4 is 16.2 Å². The summed E-state index contributed by atoms with van der Waals surface area (Å²) in [6.45, 7) is 48.3. The van der Waals surface area contributed by atoms with Crippen LogP contribution in [-0.4, -0.2) is 99.7 Å². The number of aryl methyl sites for hydroxylation is 1. The molecule has 1 fully saturated rings. The number of allylic oxidation sites excluding steroid dienone is 1. The Balaban J connectivity index is 0.00000209. The maximum Gasteiger partial charge on any atom is 0.293 e. The molecule has 6 atom stereocenters. The lowest BCUT2D eigenvalue weighted by Crippen LogP contribution is -2.55. The molecule has 0 aliphatic carbocycles. The predicted octanol–water partition coefficient (Wildman–Crippen LogP) is 13.2. The van der Waals surface area contributed by atoms with Crippen LogP contribution in [0, 0.1) is 17.3 Å². The lowest BCUT2D eigenvalue weighted by atomic mass is 9.84. The Bertz CT molecular complexity index is 2310. The SMILES string of the molecule is C=C(NC(C)(CCCC(C=O)SN)Cc1nc(-c2ccc3c(c2)c(CC(C)(C)COC=O)c(-c2cccnc2C(C)OC)n3CC)cs1)C(C)C(C)C.C=CC(=O)N1C[C@H](C)N(C=C)CC1C.CC.CC.CC.CN. The zero-order valence-corrected chi connectivity index (χ0v) is 51.2. The highest BCUT2D eigenvalue weighted by molar-refractivity contribution is 7.98. The second kappa shape index (κ2) is 36.3. The molecule has 13 nitrogen and oxygen atoms in total. The number of fused-ring (bicyclic) bond motifs is 1. The number of benzene rings is 1. The lowest BCUT2D eigenvalue weighted by Gasteiger charge is -2.43. The summed E-state index contributed by atoms with van der Waals surface area (Å²) in [5.41, 5.74) is 12.2. The first-order valence-corrected chi connectivity index (χ1v) is 28.9. The fourth-order valence-corrected chi connectivity index (χ4v) is 10.2. The fraction of sp³-hybridized carbons (Fsp3) is 0.583. The van der Waals surface area contributed by atoms with Gasteiger partial charge in [0.15, 0.2) is 0 Å². The molecule has 1 saturated heterocycles. The van der Waals surface area contributed by atoms with E-state index in [0.29, 0.717) is 37.4 Å². The highest BCUT2D eigenvalue weighted by Gasteiger charge is 2.32. The summed E-state index contributed by atoms with van der Waals surface area (Å²) in [5.74, 6) is 0.783.